The third-order valence-corrected chi connectivity index (χ3v) is 5.05. The summed E-state index contributed by atoms with van der Waals surface area (Å²) in [6.45, 7) is 1.84. The second kappa shape index (κ2) is 7.07. The second-order valence-electron chi connectivity index (χ2n) is 5.60. The Morgan fingerprint density at radius 2 is 1.95 bits per heavy atom. The fraction of sp³-hybridized carbons (Fsp3) is 0.500. The lowest BCUT2D eigenvalue weighted by molar-refractivity contribution is -0.141. The SMILES string of the molecule is Cc1c(Br)cccc1C(=O)NC(C(=O)O)C1CCCCC1. The van der Waals surface area contributed by atoms with E-state index in [2.05, 4.69) is 21.2 Å². The number of halogens is 1. The molecule has 5 heteroatoms. The number of benzene rings is 1. The Morgan fingerprint density at radius 1 is 1.29 bits per heavy atom. The number of rotatable bonds is 4. The van der Waals surface area contributed by atoms with Crippen LogP contribution in [0.1, 0.15) is 48.0 Å². The predicted octanol–water partition coefficient (Wildman–Crippen LogP) is 3.52. The molecule has 114 valence electrons. The van der Waals surface area contributed by atoms with Gasteiger partial charge in [-0.3, -0.25) is 4.79 Å². The summed E-state index contributed by atoms with van der Waals surface area (Å²) < 4.78 is 0.847. The molecular weight excluding hydrogens is 334 g/mol. The molecule has 0 heterocycles. The van der Waals surface area contributed by atoms with Gasteiger partial charge in [-0.05, 0) is 43.4 Å². The standard InChI is InChI=1S/C16H20BrNO3/c1-10-12(8-5-9-13(10)17)15(19)18-14(16(20)21)11-6-3-2-4-7-11/h5,8-9,11,14H,2-4,6-7H2,1H3,(H,18,19)(H,20,21). The molecule has 1 saturated carbocycles. The molecule has 1 amide bonds. The highest BCUT2D eigenvalue weighted by Crippen LogP contribution is 2.27. The van der Waals surface area contributed by atoms with Crippen LogP contribution in [0.3, 0.4) is 0 Å². The lowest BCUT2D eigenvalue weighted by atomic mass is 9.83. The minimum Gasteiger partial charge on any atom is -0.480 e. The zero-order chi connectivity index (χ0) is 15.4. The summed E-state index contributed by atoms with van der Waals surface area (Å²) in [7, 11) is 0. The van der Waals surface area contributed by atoms with Crippen LogP contribution in [0.5, 0.6) is 0 Å². The molecule has 1 aliphatic carbocycles. The van der Waals surface area contributed by atoms with Crippen molar-refractivity contribution in [3.05, 3.63) is 33.8 Å². The maximum absolute atomic E-state index is 12.4. The van der Waals surface area contributed by atoms with E-state index in [4.69, 9.17) is 0 Å². The third-order valence-electron chi connectivity index (χ3n) is 4.19. The van der Waals surface area contributed by atoms with Gasteiger partial charge in [-0.25, -0.2) is 4.79 Å². The first kappa shape index (κ1) is 16.0. The van der Waals surface area contributed by atoms with Crippen molar-refractivity contribution in [2.45, 2.75) is 45.1 Å². The van der Waals surface area contributed by atoms with E-state index >= 15 is 0 Å². The Morgan fingerprint density at radius 3 is 2.57 bits per heavy atom. The zero-order valence-corrected chi connectivity index (χ0v) is 13.6. The first-order valence-corrected chi connectivity index (χ1v) is 8.09. The van der Waals surface area contributed by atoms with Crippen molar-refractivity contribution >= 4 is 27.8 Å². The lowest BCUT2D eigenvalue weighted by Crippen LogP contribution is -2.46. The Balaban J connectivity index is 2.14. The van der Waals surface area contributed by atoms with Crippen LogP contribution in [0.4, 0.5) is 0 Å². The van der Waals surface area contributed by atoms with Gasteiger partial charge < -0.3 is 10.4 Å². The Kier molecular flexibility index (Phi) is 5.39. The largest absolute Gasteiger partial charge is 0.480 e. The molecule has 1 fully saturated rings. The van der Waals surface area contributed by atoms with Crippen molar-refractivity contribution in [1.82, 2.24) is 5.32 Å². The molecule has 0 saturated heterocycles. The van der Waals surface area contributed by atoms with Gasteiger partial charge in [0.2, 0.25) is 0 Å². The highest BCUT2D eigenvalue weighted by Gasteiger charge is 2.31. The smallest absolute Gasteiger partial charge is 0.326 e. The molecule has 2 N–H and O–H groups in total. The van der Waals surface area contributed by atoms with Crippen LogP contribution in [0.2, 0.25) is 0 Å². The van der Waals surface area contributed by atoms with Gasteiger partial charge in [0, 0.05) is 10.0 Å². The van der Waals surface area contributed by atoms with Crippen molar-refractivity contribution in [2.24, 2.45) is 5.92 Å². The average molecular weight is 354 g/mol. The number of nitrogens with one attached hydrogen (secondary N) is 1. The molecule has 0 spiro atoms. The monoisotopic (exact) mass is 353 g/mol. The summed E-state index contributed by atoms with van der Waals surface area (Å²) in [5, 5.41) is 12.1. The van der Waals surface area contributed by atoms with Crippen LogP contribution in [0.15, 0.2) is 22.7 Å². The summed E-state index contributed by atoms with van der Waals surface area (Å²) in [5.74, 6) is -1.22. The maximum Gasteiger partial charge on any atom is 0.326 e. The van der Waals surface area contributed by atoms with Gasteiger partial charge in [0.15, 0.2) is 0 Å². The first-order valence-electron chi connectivity index (χ1n) is 7.29. The molecule has 0 bridgehead atoms. The number of hydrogen-bond donors (Lipinski definition) is 2. The van der Waals surface area contributed by atoms with Crippen LogP contribution < -0.4 is 5.32 Å². The van der Waals surface area contributed by atoms with E-state index in [1.54, 1.807) is 12.1 Å². The number of carbonyl (C=O) groups excluding carboxylic acids is 1. The van der Waals surface area contributed by atoms with Crippen molar-refractivity contribution in [2.75, 3.05) is 0 Å². The minimum atomic E-state index is -0.942. The Bertz CT molecular complexity index is 538. The maximum atomic E-state index is 12.4. The van der Waals surface area contributed by atoms with E-state index in [1.807, 2.05) is 13.0 Å². The molecule has 21 heavy (non-hydrogen) atoms. The molecule has 0 radical (unpaired) electrons. The average Bonchev–Trinajstić information content (AvgIpc) is 2.48. The second-order valence-corrected chi connectivity index (χ2v) is 6.45. The number of carbonyl (C=O) groups is 2. The molecule has 1 aromatic rings. The summed E-state index contributed by atoms with van der Waals surface area (Å²) in [4.78, 5) is 23.9. The molecule has 1 aliphatic rings. The van der Waals surface area contributed by atoms with Gasteiger partial charge in [-0.15, -0.1) is 0 Å². The van der Waals surface area contributed by atoms with Crippen LogP contribution >= 0.6 is 15.9 Å². The van der Waals surface area contributed by atoms with Gasteiger partial charge in [-0.2, -0.15) is 0 Å². The predicted molar refractivity (Wildman–Crippen MR) is 84.3 cm³/mol. The van der Waals surface area contributed by atoms with E-state index in [-0.39, 0.29) is 11.8 Å². The fourth-order valence-electron chi connectivity index (χ4n) is 2.92. The van der Waals surface area contributed by atoms with Gasteiger partial charge in [0.1, 0.15) is 6.04 Å². The Hall–Kier alpha value is -1.36. The summed E-state index contributed by atoms with van der Waals surface area (Å²) in [5.41, 5.74) is 1.34. The topological polar surface area (TPSA) is 66.4 Å². The van der Waals surface area contributed by atoms with Gasteiger partial charge >= 0.3 is 5.97 Å². The van der Waals surface area contributed by atoms with Gasteiger partial charge in [-0.1, -0.05) is 41.3 Å². The minimum absolute atomic E-state index is 0.0349. The van der Waals surface area contributed by atoms with Crippen LogP contribution in [0, 0.1) is 12.8 Å². The fourth-order valence-corrected chi connectivity index (χ4v) is 3.29. The Labute approximate surface area is 133 Å². The number of carboxylic acid groups (broad SMARTS) is 1. The van der Waals surface area contributed by atoms with Crippen LogP contribution in [-0.2, 0) is 4.79 Å². The van der Waals surface area contributed by atoms with Gasteiger partial charge in [0.05, 0.1) is 0 Å². The number of amides is 1. The van der Waals surface area contributed by atoms with Crippen molar-refractivity contribution < 1.29 is 14.7 Å². The molecule has 1 atom stereocenters. The first-order chi connectivity index (χ1) is 10.0. The van der Waals surface area contributed by atoms with E-state index in [0.717, 1.165) is 42.1 Å². The number of hydrogen-bond acceptors (Lipinski definition) is 2. The molecule has 4 nitrogen and oxygen atoms in total. The van der Waals surface area contributed by atoms with Crippen LogP contribution in [-0.4, -0.2) is 23.0 Å². The lowest BCUT2D eigenvalue weighted by Gasteiger charge is -2.28. The molecule has 0 aliphatic heterocycles. The van der Waals surface area contributed by atoms with Gasteiger partial charge in [0.25, 0.3) is 5.91 Å². The van der Waals surface area contributed by atoms with E-state index in [9.17, 15) is 14.7 Å². The normalized spacial score (nSPS) is 17.2. The van der Waals surface area contributed by atoms with E-state index in [0.29, 0.717) is 5.56 Å². The quantitative estimate of drug-likeness (QED) is 0.870. The highest BCUT2D eigenvalue weighted by atomic mass is 79.9. The third kappa shape index (κ3) is 3.84. The van der Waals surface area contributed by atoms with E-state index < -0.39 is 12.0 Å². The van der Waals surface area contributed by atoms with E-state index in [1.165, 1.54) is 0 Å². The molecule has 0 aromatic heterocycles. The molecular formula is C16H20BrNO3. The molecule has 1 unspecified atom stereocenters. The summed E-state index contributed by atoms with van der Waals surface area (Å²) in [6, 6.07) is 4.57. The van der Waals surface area contributed by atoms with Crippen molar-refractivity contribution in [3.8, 4) is 0 Å². The number of carboxylic acids is 1. The van der Waals surface area contributed by atoms with Crippen LogP contribution in [0.25, 0.3) is 0 Å². The number of aliphatic carboxylic acids is 1. The molecule has 2 rings (SSSR count). The molecule has 1 aromatic carbocycles. The summed E-state index contributed by atoms with van der Waals surface area (Å²) in [6.07, 6.45) is 4.98. The van der Waals surface area contributed by atoms with Crippen molar-refractivity contribution in [3.63, 3.8) is 0 Å². The zero-order valence-electron chi connectivity index (χ0n) is 12.1. The summed E-state index contributed by atoms with van der Waals surface area (Å²) >= 11 is 3.39. The van der Waals surface area contributed by atoms with Crippen molar-refractivity contribution in [1.29, 1.82) is 0 Å². The highest BCUT2D eigenvalue weighted by molar-refractivity contribution is 9.10.